The number of halogens is 2. The van der Waals surface area contributed by atoms with Gasteiger partial charge in [0.25, 0.3) is 0 Å². The first-order chi connectivity index (χ1) is 7.63. The van der Waals surface area contributed by atoms with Crippen LogP contribution < -0.4 is 5.32 Å². The lowest BCUT2D eigenvalue weighted by Crippen LogP contribution is -2.06. The predicted octanol–water partition coefficient (Wildman–Crippen LogP) is 3.36. The number of carbonyl (C=O) groups is 1. The van der Waals surface area contributed by atoms with Gasteiger partial charge in [-0.2, -0.15) is 0 Å². The number of benzene rings is 1. The van der Waals surface area contributed by atoms with Crippen LogP contribution in [0.25, 0.3) is 0 Å². The number of esters is 1. The molecule has 1 rings (SSSR count). The standard InChI is InChI=1S/C11H13Cl2NO2/c1-16-11(15)3-2-6-14-8-4-5-9(12)10(13)7-8/h4-5,7,14H,2-3,6H2,1H3. The van der Waals surface area contributed by atoms with E-state index >= 15 is 0 Å². The van der Waals surface area contributed by atoms with Crippen LogP contribution in [-0.2, 0) is 9.53 Å². The first-order valence-electron chi connectivity index (χ1n) is 4.89. The third-order valence-electron chi connectivity index (χ3n) is 2.03. The first kappa shape index (κ1) is 13.1. The van der Waals surface area contributed by atoms with Gasteiger partial charge in [-0.3, -0.25) is 4.79 Å². The summed E-state index contributed by atoms with van der Waals surface area (Å²) < 4.78 is 4.53. The Balaban J connectivity index is 2.32. The molecule has 0 saturated heterocycles. The lowest BCUT2D eigenvalue weighted by molar-refractivity contribution is -0.140. The molecule has 0 amide bonds. The normalized spacial score (nSPS) is 9.94. The third kappa shape index (κ3) is 4.29. The predicted molar refractivity (Wildman–Crippen MR) is 66.2 cm³/mol. The van der Waals surface area contributed by atoms with Crippen LogP contribution in [0.2, 0.25) is 10.0 Å². The number of anilines is 1. The molecule has 0 aliphatic carbocycles. The van der Waals surface area contributed by atoms with Crippen molar-refractivity contribution >= 4 is 34.9 Å². The molecular formula is C11H13Cl2NO2. The summed E-state index contributed by atoms with van der Waals surface area (Å²) >= 11 is 11.6. The molecule has 0 spiro atoms. The van der Waals surface area contributed by atoms with Crippen molar-refractivity contribution in [1.29, 1.82) is 0 Å². The maximum Gasteiger partial charge on any atom is 0.305 e. The van der Waals surface area contributed by atoms with Gasteiger partial charge in [0, 0.05) is 18.7 Å². The molecule has 0 atom stereocenters. The van der Waals surface area contributed by atoms with Gasteiger partial charge in [0.2, 0.25) is 0 Å². The monoisotopic (exact) mass is 261 g/mol. The van der Waals surface area contributed by atoms with Gasteiger partial charge < -0.3 is 10.1 Å². The number of hydrogen-bond acceptors (Lipinski definition) is 3. The fourth-order valence-electron chi connectivity index (χ4n) is 1.17. The summed E-state index contributed by atoms with van der Waals surface area (Å²) in [5, 5.41) is 4.18. The van der Waals surface area contributed by atoms with E-state index in [1.807, 2.05) is 6.07 Å². The minimum atomic E-state index is -0.198. The maximum atomic E-state index is 10.8. The van der Waals surface area contributed by atoms with Gasteiger partial charge in [-0.25, -0.2) is 0 Å². The summed E-state index contributed by atoms with van der Waals surface area (Å²) in [7, 11) is 1.38. The molecule has 0 heterocycles. The quantitative estimate of drug-likeness (QED) is 0.653. The van der Waals surface area contributed by atoms with E-state index < -0.39 is 0 Å². The lowest BCUT2D eigenvalue weighted by Gasteiger charge is -2.06. The van der Waals surface area contributed by atoms with E-state index in [1.165, 1.54) is 7.11 Å². The highest BCUT2D eigenvalue weighted by Crippen LogP contribution is 2.24. The van der Waals surface area contributed by atoms with Crippen LogP contribution in [0.3, 0.4) is 0 Å². The number of rotatable bonds is 5. The third-order valence-corrected chi connectivity index (χ3v) is 2.77. The molecule has 5 heteroatoms. The van der Waals surface area contributed by atoms with Gasteiger partial charge in [0.1, 0.15) is 0 Å². The number of carbonyl (C=O) groups excluding carboxylic acids is 1. The number of methoxy groups -OCH3 is 1. The minimum Gasteiger partial charge on any atom is -0.469 e. The van der Waals surface area contributed by atoms with Crippen LogP contribution in [0.5, 0.6) is 0 Å². The zero-order valence-electron chi connectivity index (χ0n) is 8.93. The van der Waals surface area contributed by atoms with Gasteiger partial charge >= 0.3 is 5.97 Å². The van der Waals surface area contributed by atoms with Crippen LogP contribution in [0.4, 0.5) is 5.69 Å². The van der Waals surface area contributed by atoms with Crippen molar-refractivity contribution in [2.24, 2.45) is 0 Å². The molecule has 88 valence electrons. The van der Waals surface area contributed by atoms with Gasteiger partial charge in [-0.1, -0.05) is 23.2 Å². The molecule has 1 aromatic carbocycles. The van der Waals surface area contributed by atoms with Crippen LogP contribution in [0.1, 0.15) is 12.8 Å². The zero-order chi connectivity index (χ0) is 12.0. The molecule has 16 heavy (non-hydrogen) atoms. The van der Waals surface area contributed by atoms with Gasteiger partial charge in [-0.15, -0.1) is 0 Å². The van der Waals surface area contributed by atoms with Gasteiger partial charge in [0.05, 0.1) is 17.2 Å². The molecule has 0 fully saturated rings. The van der Waals surface area contributed by atoms with Gasteiger partial charge in [-0.05, 0) is 24.6 Å². The highest BCUT2D eigenvalue weighted by molar-refractivity contribution is 6.42. The fourth-order valence-corrected chi connectivity index (χ4v) is 1.47. The molecule has 0 unspecified atom stereocenters. The molecule has 0 aliphatic heterocycles. The first-order valence-corrected chi connectivity index (χ1v) is 5.65. The fraction of sp³-hybridized carbons (Fsp3) is 0.364. The summed E-state index contributed by atoms with van der Waals surface area (Å²) in [6.45, 7) is 0.688. The summed E-state index contributed by atoms with van der Waals surface area (Å²) in [4.78, 5) is 10.8. The molecule has 0 aromatic heterocycles. The summed E-state index contributed by atoms with van der Waals surface area (Å²) in [5.74, 6) is -0.198. The van der Waals surface area contributed by atoms with E-state index in [1.54, 1.807) is 12.1 Å². The summed E-state index contributed by atoms with van der Waals surface area (Å²) in [6.07, 6.45) is 1.12. The van der Waals surface area contributed by atoms with Crippen LogP contribution >= 0.6 is 23.2 Å². The topological polar surface area (TPSA) is 38.3 Å². The van der Waals surface area contributed by atoms with E-state index in [0.717, 1.165) is 5.69 Å². The Morgan fingerprint density at radius 2 is 2.12 bits per heavy atom. The molecule has 0 aliphatic rings. The Kier molecular flexibility index (Phi) is 5.43. The van der Waals surface area contributed by atoms with Crippen LogP contribution in [0, 0.1) is 0 Å². The Morgan fingerprint density at radius 1 is 1.38 bits per heavy atom. The number of nitrogens with one attached hydrogen (secondary N) is 1. The molecular weight excluding hydrogens is 249 g/mol. The molecule has 1 N–H and O–H groups in total. The Hall–Kier alpha value is -0.930. The average Bonchev–Trinajstić information content (AvgIpc) is 2.28. The minimum absolute atomic E-state index is 0.198. The highest BCUT2D eigenvalue weighted by atomic mass is 35.5. The van der Waals surface area contributed by atoms with Crippen LogP contribution in [-0.4, -0.2) is 19.6 Å². The largest absolute Gasteiger partial charge is 0.469 e. The van der Waals surface area contributed by atoms with Crippen LogP contribution in [0.15, 0.2) is 18.2 Å². The van der Waals surface area contributed by atoms with Crippen molar-refractivity contribution in [1.82, 2.24) is 0 Å². The second-order valence-corrected chi connectivity index (χ2v) is 4.05. The van der Waals surface area contributed by atoms with E-state index in [-0.39, 0.29) is 5.97 Å². The Morgan fingerprint density at radius 3 is 2.75 bits per heavy atom. The molecule has 1 aromatic rings. The highest BCUT2D eigenvalue weighted by Gasteiger charge is 2.01. The van der Waals surface area contributed by atoms with Crippen molar-refractivity contribution in [3.05, 3.63) is 28.2 Å². The van der Waals surface area contributed by atoms with Crippen molar-refractivity contribution in [2.75, 3.05) is 19.0 Å². The SMILES string of the molecule is COC(=O)CCCNc1ccc(Cl)c(Cl)c1. The van der Waals surface area contributed by atoms with Crippen molar-refractivity contribution in [2.45, 2.75) is 12.8 Å². The van der Waals surface area contributed by atoms with E-state index in [0.29, 0.717) is 29.4 Å². The Bertz CT molecular complexity index is 369. The Labute approximate surface area is 105 Å². The van der Waals surface area contributed by atoms with Crippen molar-refractivity contribution in [3.8, 4) is 0 Å². The number of ether oxygens (including phenoxy) is 1. The second-order valence-electron chi connectivity index (χ2n) is 3.24. The molecule has 0 radical (unpaired) electrons. The second kappa shape index (κ2) is 6.61. The maximum absolute atomic E-state index is 10.8. The van der Waals surface area contributed by atoms with E-state index in [9.17, 15) is 4.79 Å². The molecule has 3 nitrogen and oxygen atoms in total. The number of hydrogen-bond donors (Lipinski definition) is 1. The molecule has 0 bridgehead atoms. The summed E-state index contributed by atoms with van der Waals surface area (Å²) in [5.41, 5.74) is 0.888. The van der Waals surface area contributed by atoms with Crippen molar-refractivity contribution < 1.29 is 9.53 Å². The lowest BCUT2D eigenvalue weighted by atomic mass is 10.3. The molecule has 0 saturated carbocycles. The van der Waals surface area contributed by atoms with E-state index in [4.69, 9.17) is 23.2 Å². The smallest absolute Gasteiger partial charge is 0.305 e. The summed E-state index contributed by atoms with van der Waals surface area (Å²) in [6, 6.07) is 5.32. The zero-order valence-corrected chi connectivity index (χ0v) is 10.4. The van der Waals surface area contributed by atoms with E-state index in [2.05, 4.69) is 10.1 Å². The van der Waals surface area contributed by atoms with Crippen molar-refractivity contribution in [3.63, 3.8) is 0 Å². The van der Waals surface area contributed by atoms with Gasteiger partial charge in [0.15, 0.2) is 0 Å². The average molecular weight is 262 g/mol.